The highest BCUT2D eigenvalue weighted by atomic mass is 32.1. The minimum Gasteiger partial charge on any atom is -0.456 e. The van der Waals surface area contributed by atoms with Crippen LogP contribution in [-0.4, -0.2) is 30.6 Å². The molecule has 1 amide bonds. The van der Waals surface area contributed by atoms with Crippen molar-refractivity contribution >= 4 is 22.4 Å². The van der Waals surface area contributed by atoms with E-state index in [4.69, 9.17) is 14.9 Å². The zero-order valence-electron chi connectivity index (χ0n) is 12.2. The summed E-state index contributed by atoms with van der Waals surface area (Å²) in [5.74, 6) is 0.209. The number of thiazole rings is 1. The molecule has 0 aromatic carbocycles. The molecule has 1 aliphatic rings. The van der Waals surface area contributed by atoms with Gasteiger partial charge in [0.25, 0.3) is 5.91 Å². The molecular formula is C15H17N3O3S. The van der Waals surface area contributed by atoms with Crippen LogP contribution >= 0.6 is 11.3 Å². The Morgan fingerprint density at radius 1 is 1.55 bits per heavy atom. The van der Waals surface area contributed by atoms with Crippen molar-refractivity contribution in [2.45, 2.75) is 13.3 Å². The van der Waals surface area contributed by atoms with Gasteiger partial charge in [0, 0.05) is 17.5 Å². The predicted molar refractivity (Wildman–Crippen MR) is 85.1 cm³/mol. The van der Waals surface area contributed by atoms with Crippen molar-refractivity contribution < 1.29 is 13.9 Å². The van der Waals surface area contributed by atoms with Crippen LogP contribution in [-0.2, 0) is 4.74 Å². The van der Waals surface area contributed by atoms with Crippen LogP contribution < -0.4 is 11.1 Å². The second-order valence-electron chi connectivity index (χ2n) is 5.04. The molecular weight excluding hydrogens is 302 g/mol. The zero-order chi connectivity index (χ0) is 15.5. The number of carbonyl (C=O) groups excluding carboxylic acids is 1. The summed E-state index contributed by atoms with van der Waals surface area (Å²) in [5, 5.41) is 6.04. The summed E-state index contributed by atoms with van der Waals surface area (Å²) in [6.45, 7) is 3.99. The number of amides is 1. The fraction of sp³-hybridized carbons (Fsp3) is 0.333. The highest BCUT2D eigenvalue weighted by Gasteiger charge is 2.15. The molecule has 0 unspecified atom stereocenters. The summed E-state index contributed by atoms with van der Waals surface area (Å²) in [6.07, 6.45) is 3.16. The fourth-order valence-electron chi connectivity index (χ4n) is 2.26. The van der Waals surface area contributed by atoms with Crippen molar-refractivity contribution in [3.05, 3.63) is 34.6 Å². The van der Waals surface area contributed by atoms with Gasteiger partial charge in [-0.3, -0.25) is 4.79 Å². The maximum atomic E-state index is 11.2. The molecule has 3 N–H and O–H groups in total. The van der Waals surface area contributed by atoms with Crippen LogP contribution in [0, 0.1) is 6.92 Å². The monoisotopic (exact) mass is 319 g/mol. The molecule has 0 atom stereocenters. The second-order valence-corrected chi connectivity index (χ2v) is 5.90. The quantitative estimate of drug-likeness (QED) is 0.827. The Morgan fingerprint density at radius 3 is 3.09 bits per heavy atom. The molecule has 3 heterocycles. The van der Waals surface area contributed by atoms with E-state index in [1.165, 1.54) is 16.9 Å². The normalized spacial score (nSPS) is 14.7. The number of furan rings is 1. The molecule has 1 aliphatic heterocycles. The van der Waals surface area contributed by atoms with E-state index in [1.807, 2.05) is 5.38 Å². The van der Waals surface area contributed by atoms with Crippen LogP contribution in [0.1, 0.15) is 22.7 Å². The third-order valence-corrected chi connectivity index (χ3v) is 4.19. The Kier molecular flexibility index (Phi) is 4.26. The Morgan fingerprint density at radius 2 is 2.41 bits per heavy atom. The second kappa shape index (κ2) is 6.33. The van der Waals surface area contributed by atoms with Crippen LogP contribution in [0.4, 0.5) is 5.13 Å². The third-order valence-electron chi connectivity index (χ3n) is 3.39. The van der Waals surface area contributed by atoms with Gasteiger partial charge in [0.1, 0.15) is 5.76 Å². The van der Waals surface area contributed by atoms with Crippen molar-refractivity contribution in [3.8, 4) is 11.3 Å². The molecule has 3 rings (SSSR count). The summed E-state index contributed by atoms with van der Waals surface area (Å²) in [7, 11) is 0. The molecule has 0 bridgehead atoms. The molecule has 0 aliphatic carbocycles. The van der Waals surface area contributed by atoms with E-state index in [1.54, 1.807) is 13.0 Å². The lowest BCUT2D eigenvalue weighted by Gasteiger charge is -2.13. The number of rotatable bonds is 5. The van der Waals surface area contributed by atoms with Crippen LogP contribution in [0.2, 0.25) is 0 Å². The molecule has 0 fully saturated rings. The van der Waals surface area contributed by atoms with Gasteiger partial charge >= 0.3 is 0 Å². The van der Waals surface area contributed by atoms with Crippen molar-refractivity contribution in [1.29, 1.82) is 0 Å². The summed E-state index contributed by atoms with van der Waals surface area (Å²) in [6, 6.07) is 1.63. The number of aryl methyl sites for hydroxylation is 1. The Balaban J connectivity index is 1.70. The Bertz CT molecular complexity index is 717. The number of hydrogen-bond donors (Lipinski definition) is 2. The first-order valence-electron chi connectivity index (χ1n) is 6.99. The number of ether oxygens (including phenoxy) is 1. The van der Waals surface area contributed by atoms with Crippen molar-refractivity contribution in [2.24, 2.45) is 5.73 Å². The van der Waals surface area contributed by atoms with Crippen molar-refractivity contribution in [2.75, 3.05) is 25.1 Å². The molecule has 0 saturated carbocycles. The average Bonchev–Trinajstić information content (AvgIpc) is 3.12. The fourth-order valence-corrected chi connectivity index (χ4v) is 2.97. The van der Waals surface area contributed by atoms with E-state index in [2.05, 4.69) is 16.4 Å². The number of hydrogen-bond acceptors (Lipinski definition) is 6. The molecule has 22 heavy (non-hydrogen) atoms. The third kappa shape index (κ3) is 3.20. The largest absolute Gasteiger partial charge is 0.456 e. The molecule has 6 nitrogen and oxygen atoms in total. The molecule has 7 heteroatoms. The van der Waals surface area contributed by atoms with Gasteiger partial charge in [-0.2, -0.15) is 0 Å². The molecule has 2 aromatic rings. The SMILES string of the molecule is Cc1oc(C(N)=O)cc1-c1csc(NCC2=CCCOC2)n1. The van der Waals surface area contributed by atoms with Crippen molar-refractivity contribution in [1.82, 2.24) is 4.98 Å². The van der Waals surface area contributed by atoms with Gasteiger partial charge < -0.3 is 20.2 Å². The average molecular weight is 319 g/mol. The van der Waals surface area contributed by atoms with Gasteiger partial charge in [-0.05, 0) is 25.0 Å². The number of anilines is 1. The first kappa shape index (κ1) is 14.8. The number of nitrogens with two attached hydrogens (primary N) is 1. The summed E-state index contributed by atoms with van der Waals surface area (Å²) < 4.78 is 10.7. The van der Waals surface area contributed by atoms with Crippen LogP contribution in [0.25, 0.3) is 11.3 Å². The number of nitrogens with zero attached hydrogens (tertiary/aromatic N) is 1. The number of aromatic nitrogens is 1. The first-order chi connectivity index (χ1) is 10.6. The van der Waals surface area contributed by atoms with E-state index < -0.39 is 5.91 Å². The van der Waals surface area contributed by atoms with Crippen LogP contribution in [0.3, 0.4) is 0 Å². The van der Waals surface area contributed by atoms with Gasteiger partial charge in [0.15, 0.2) is 10.9 Å². The van der Waals surface area contributed by atoms with Gasteiger partial charge in [0.05, 0.1) is 18.9 Å². The van der Waals surface area contributed by atoms with Crippen LogP contribution in [0.15, 0.2) is 27.5 Å². The highest BCUT2D eigenvalue weighted by Crippen LogP contribution is 2.29. The topological polar surface area (TPSA) is 90.4 Å². The van der Waals surface area contributed by atoms with Crippen LogP contribution in [0.5, 0.6) is 0 Å². The predicted octanol–water partition coefficient (Wildman–Crippen LogP) is 2.57. The summed E-state index contributed by atoms with van der Waals surface area (Å²) in [5.41, 5.74) is 8.03. The number of nitrogens with one attached hydrogen (secondary N) is 1. The Labute approximate surface area is 132 Å². The number of primary amides is 1. The van der Waals surface area contributed by atoms with E-state index in [0.717, 1.165) is 36.0 Å². The van der Waals surface area contributed by atoms with E-state index in [-0.39, 0.29) is 5.76 Å². The number of carbonyl (C=O) groups is 1. The van der Waals surface area contributed by atoms with Gasteiger partial charge in [-0.15, -0.1) is 11.3 Å². The molecule has 0 radical (unpaired) electrons. The maximum absolute atomic E-state index is 11.2. The van der Waals surface area contributed by atoms with Gasteiger partial charge in [0.2, 0.25) is 0 Å². The van der Waals surface area contributed by atoms with Gasteiger partial charge in [-0.25, -0.2) is 4.98 Å². The van der Waals surface area contributed by atoms with E-state index >= 15 is 0 Å². The first-order valence-corrected chi connectivity index (χ1v) is 7.87. The molecule has 0 saturated heterocycles. The highest BCUT2D eigenvalue weighted by molar-refractivity contribution is 7.14. The standard InChI is InChI=1S/C15H17N3O3S/c1-9-11(5-13(21-9)14(16)19)12-8-22-15(18-12)17-6-10-3-2-4-20-7-10/h3,5,8H,2,4,6-7H2,1H3,(H2,16,19)(H,17,18). The lowest BCUT2D eigenvalue weighted by Crippen LogP contribution is -2.13. The Hall–Kier alpha value is -2.12. The summed E-state index contributed by atoms with van der Waals surface area (Å²) in [4.78, 5) is 15.7. The van der Waals surface area contributed by atoms with E-state index in [0.29, 0.717) is 12.4 Å². The smallest absolute Gasteiger partial charge is 0.284 e. The molecule has 116 valence electrons. The maximum Gasteiger partial charge on any atom is 0.284 e. The lowest BCUT2D eigenvalue weighted by atomic mass is 10.2. The molecule has 0 spiro atoms. The lowest BCUT2D eigenvalue weighted by molar-refractivity contribution is 0.0972. The minimum absolute atomic E-state index is 0.152. The summed E-state index contributed by atoms with van der Waals surface area (Å²) >= 11 is 1.51. The molecule has 2 aromatic heterocycles. The zero-order valence-corrected chi connectivity index (χ0v) is 13.0. The van der Waals surface area contributed by atoms with Crippen molar-refractivity contribution in [3.63, 3.8) is 0 Å². The minimum atomic E-state index is -0.577. The van der Waals surface area contributed by atoms with E-state index in [9.17, 15) is 4.79 Å². The van der Waals surface area contributed by atoms with Gasteiger partial charge in [-0.1, -0.05) is 6.08 Å².